The maximum atomic E-state index is 12.1. The first-order valence-corrected chi connectivity index (χ1v) is 18.4. The molecule has 15 heteroatoms. The van der Waals surface area contributed by atoms with Crippen molar-refractivity contribution in [2.75, 3.05) is 98.8 Å². The van der Waals surface area contributed by atoms with Gasteiger partial charge in [-0.1, -0.05) is 0 Å². The second kappa shape index (κ2) is 34.3. The largest absolute Gasteiger partial charge is 0.399 e. The Balaban J connectivity index is 0.000000922. The van der Waals surface area contributed by atoms with E-state index in [0.717, 1.165) is 37.8 Å². The molecule has 0 spiro atoms. The second-order valence-electron chi connectivity index (χ2n) is 12.3. The monoisotopic (exact) mass is 776 g/mol. The van der Waals surface area contributed by atoms with Crippen LogP contribution >= 0.6 is 0 Å². The topological polar surface area (TPSA) is 203 Å². The van der Waals surface area contributed by atoms with E-state index in [1.165, 1.54) is 6.92 Å². The molecule has 0 aromatic heterocycles. The van der Waals surface area contributed by atoms with E-state index in [1.54, 1.807) is 71.8 Å². The summed E-state index contributed by atoms with van der Waals surface area (Å²) < 4.78 is 31.4. The van der Waals surface area contributed by atoms with Crippen molar-refractivity contribution in [1.82, 2.24) is 10.6 Å². The van der Waals surface area contributed by atoms with Gasteiger partial charge in [0, 0.05) is 103 Å². The van der Waals surface area contributed by atoms with Crippen molar-refractivity contribution in [1.29, 1.82) is 0 Å². The van der Waals surface area contributed by atoms with Gasteiger partial charge in [-0.3, -0.25) is 9.59 Å². The van der Waals surface area contributed by atoms with E-state index >= 15 is 0 Å². The first kappa shape index (κ1) is 50.8. The number of ketones is 2. The molecule has 2 aromatic carbocycles. The zero-order valence-electron chi connectivity index (χ0n) is 33.5. The molecule has 0 radical (unpaired) electrons. The highest BCUT2D eigenvalue weighted by molar-refractivity contribution is 5.95. The first-order valence-electron chi connectivity index (χ1n) is 18.4. The summed E-state index contributed by atoms with van der Waals surface area (Å²) in [4.78, 5) is 54.4. The van der Waals surface area contributed by atoms with E-state index < -0.39 is 0 Å². The predicted molar refractivity (Wildman–Crippen MR) is 213 cm³/mol. The maximum absolute atomic E-state index is 12.1. The lowest BCUT2D eigenvalue weighted by molar-refractivity contribution is -0.119. The fraction of sp³-hybridized carbons (Fsp3) is 0.575. The Hall–Kier alpha value is -4.25. The number of carbonyl (C=O) groups is 5. The molecule has 2 atom stereocenters. The minimum absolute atomic E-state index is 0.0561. The number of rotatable bonds is 28. The number of benzene rings is 2. The van der Waals surface area contributed by atoms with Gasteiger partial charge in [0.25, 0.3) is 11.8 Å². The van der Waals surface area contributed by atoms with Crippen molar-refractivity contribution in [3.8, 4) is 0 Å². The minimum atomic E-state index is -0.107. The van der Waals surface area contributed by atoms with Gasteiger partial charge in [-0.2, -0.15) is 0 Å². The highest BCUT2D eigenvalue weighted by Gasteiger charge is 2.09. The van der Waals surface area contributed by atoms with Gasteiger partial charge < -0.3 is 64.5 Å². The van der Waals surface area contributed by atoms with Gasteiger partial charge in [0.2, 0.25) is 0 Å². The van der Waals surface area contributed by atoms with Crippen LogP contribution in [-0.2, 0) is 42.8 Å². The van der Waals surface area contributed by atoms with Gasteiger partial charge in [0.1, 0.15) is 30.1 Å². The smallest absolute Gasteiger partial charge is 0.251 e. The summed E-state index contributed by atoms with van der Waals surface area (Å²) in [5, 5.41) is 8.94. The molecule has 2 amide bonds. The number of carbonyl (C=O) groups excluding carboxylic acids is 5. The van der Waals surface area contributed by atoms with Gasteiger partial charge in [0.05, 0.1) is 26.4 Å². The molecule has 2 aromatic rings. The van der Waals surface area contributed by atoms with Gasteiger partial charge in [-0.15, -0.1) is 0 Å². The van der Waals surface area contributed by atoms with Crippen molar-refractivity contribution in [2.45, 2.75) is 64.6 Å². The third kappa shape index (κ3) is 28.8. The number of methoxy groups -OCH3 is 4. The number of hydrogen-bond donors (Lipinski definition) is 4. The lowest BCUT2D eigenvalue weighted by Gasteiger charge is -2.14. The number of nitrogens with two attached hydrogens (primary N) is 1. The van der Waals surface area contributed by atoms with E-state index in [2.05, 4.69) is 16.0 Å². The normalized spacial score (nSPS) is 11.5. The van der Waals surface area contributed by atoms with Gasteiger partial charge in [-0.25, -0.2) is 0 Å². The van der Waals surface area contributed by atoms with Crippen molar-refractivity contribution in [3.05, 3.63) is 59.7 Å². The fourth-order valence-electron chi connectivity index (χ4n) is 4.33. The number of anilines is 2. The van der Waals surface area contributed by atoms with Crippen LogP contribution in [0.5, 0.6) is 0 Å². The van der Waals surface area contributed by atoms with Crippen molar-refractivity contribution >= 4 is 41.0 Å². The number of hydrogen-bond acceptors (Lipinski definition) is 13. The predicted octanol–water partition coefficient (Wildman–Crippen LogP) is 3.89. The molecule has 0 aliphatic carbocycles. The molecule has 0 bridgehead atoms. The molecule has 0 aliphatic rings. The summed E-state index contributed by atoms with van der Waals surface area (Å²) in [6, 6.07) is 14.1. The van der Waals surface area contributed by atoms with Crippen LogP contribution in [0.2, 0.25) is 0 Å². The first-order chi connectivity index (χ1) is 26.5. The molecule has 0 aliphatic heterocycles. The highest BCUT2D eigenvalue weighted by Crippen LogP contribution is 2.10. The second-order valence-corrected chi connectivity index (χ2v) is 12.3. The average Bonchev–Trinajstić information content (AvgIpc) is 3.18. The summed E-state index contributed by atoms with van der Waals surface area (Å²) in [5.41, 5.74) is 8.37. The summed E-state index contributed by atoms with van der Waals surface area (Å²) >= 11 is 0. The quantitative estimate of drug-likeness (QED) is 0.0551. The molecule has 2 unspecified atom stereocenters. The van der Waals surface area contributed by atoms with Crippen LogP contribution in [0.1, 0.15) is 73.1 Å². The molecule has 55 heavy (non-hydrogen) atoms. The Morgan fingerprint density at radius 3 is 1.47 bits per heavy atom. The molecular weight excluding hydrogens is 712 g/mol. The standard InChI is InChI=1S/C20H32N2O5.C15H24N2O4.C5H8O2/c1-16(23)6-4-11-21-18-9-7-17(8-10-18)20(24)22-12-5-13-27-15-19(26-3)14-25-2;1-19-10-14(20-2)11-21-9-3-8-17-15(18)12-4-6-13(16)7-5-12;1-5(7)3-2-4-6/h7-10,19,21H,4-6,11-15H2,1-3H3,(H,22,24);4-7,14H,3,8-11,16H2,1-2H3,(H,17,18);4H,2-3H2,1H3. The van der Waals surface area contributed by atoms with E-state index in [-0.39, 0.29) is 35.6 Å². The Labute approximate surface area is 326 Å². The van der Waals surface area contributed by atoms with Crippen LogP contribution in [0.3, 0.4) is 0 Å². The van der Waals surface area contributed by atoms with Crippen LogP contribution in [-0.4, -0.2) is 130 Å². The highest BCUT2D eigenvalue weighted by atomic mass is 16.6. The van der Waals surface area contributed by atoms with Crippen LogP contribution in [0.4, 0.5) is 11.4 Å². The Morgan fingerprint density at radius 1 is 0.636 bits per heavy atom. The Kier molecular flexibility index (Phi) is 31.6. The van der Waals surface area contributed by atoms with E-state index in [9.17, 15) is 24.0 Å². The number of nitrogens with one attached hydrogen (secondary N) is 3. The van der Waals surface area contributed by atoms with Crippen molar-refractivity contribution in [2.24, 2.45) is 0 Å². The number of nitrogen functional groups attached to an aromatic ring is 1. The number of amides is 2. The fourth-order valence-corrected chi connectivity index (χ4v) is 4.33. The molecule has 310 valence electrons. The SMILES string of the molecule is CC(=O)CCC=O.COCC(COCCCNC(=O)c1ccc(N)cc1)OC.COCC(COCCCNC(=O)c1ccc(NCCCC(C)=O)cc1)OC. The minimum Gasteiger partial charge on any atom is -0.399 e. The third-order valence-corrected chi connectivity index (χ3v) is 7.45. The van der Waals surface area contributed by atoms with E-state index in [0.29, 0.717) is 88.8 Å². The van der Waals surface area contributed by atoms with E-state index in [1.807, 2.05) is 12.1 Å². The van der Waals surface area contributed by atoms with Crippen LogP contribution in [0, 0.1) is 0 Å². The number of Topliss-reactive ketones (excluding diaryl/α,β-unsaturated/α-hetero) is 2. The molecule has 0 fully saturated rings. The average molecular weight is 777 g/mol. The molecule has 15 nitrogen and oxygen atoms in total. The molecule has 2 rings (SSSR count). The van der Waals surface area contributed by atoms with Crippen LogP contribution in [0.25, 0.3) is 0 Å². The molecule has 0 saturated carbocycles. The summed E-state index contributed by atoms with van der Waals surface area (Å²) in [6.07, 6.45) is 4.24. The number of aldehydes is 1. The molecular formula is C40H64N4O11. The zero-order chi connectivity index (χ0) is 41.1. The summed E-state index contributed by atoms with van der Waals surface area (Å²) in [7, 11) is 6.50. The van der Waals surface area contributed by atoms with Gasteiger partial charge >= 0.3 is 0 Å². The lowest BCUT2D eigenvalue weighted by Crippen LogP contribution is -2.27. The van der Waals surface area contributed by atoms with Crippen molar-refractivity contribution < 1.29 is 52.4 Å². The Morgan fingerprint density at radius 2 is 1.09 bits per heavy atom. The van der Waals surface area contributed by atoms with Crippen LogP contribution in [0.15, 0.2) is 48.5 Å². The van der Waals surface area contributed by atoms with Crippen molar-refractivity contribution in [3.63, 3.8) is 0 Å². The number of ether oxygens (including phenoxy) is 6. The third-order valence-electron chi connectivity index (χ3n) is 7.45. The molecule has 0 heterocycles. The Bertz CT molecular complexity index is 1310. The van der Waals surface area contributed by atoms with E-state index in [4.69, 9.17) is 34.2 Å². The van der Waals surface area contributed by atoms with Gasteiger partial charge in [0.15, 0.2) is 0 Å². The molecule has 0 saturated heterocycles. The maximum Gasteiger partial charge on any atom is 0.251 e. The molecule has 5 N–H and O–H groups in total. The van der Waals surface area contributed by atoms with Gasteiger partial charge in [-0.05, 0) is 81.6 Å². The zero-order valence-corrected chi connectivity index (χ0v) is 33.5. The lowest BCUT2D eigenvalue weighted by atomic mass is 10.2. The summed E-state index contributed by atoms with van der Waals surface area (Å²) in [6.45, 7) is 7.98. The van der Waals surface area contributed by atoms with Crippen LogP contribution < -0.4 is 21.7 Å². The summed E-state index contributed by atoms with van der Waals surface area (Å²) in [5.74, 6) is 0.0613.